The minimum atomic E-state index is -0.554. The van der Waals surface area contributed by atoms with Crippen molar-refractivity contribution < 1.29 is 14.3 Å². The Morgan fingerprint density at radius 2 is 2.12 bits per heavy atom. The molecule has 1 amide bonds. The topological polar surface area (TPSA) is 107 Å². The number of carbonyl (C=O) groups excluding carboxylic acids is 1. The van der Waals surface area contributed by atoms with Crippen molar-refractivity contribution in [2.75, 3.05) is 18.0 Å². The lowest BCUT2D eigenvalue weighted by atomic mass is 9.97. The molecule has 2 N–H and O–H groups in total. The number of anilines is 1. The molecule has 0 spiro atoms. The van der Waals surface area contributed by atoms with E-state index in [-0.39, 0.29) is 48.7 Å². The first-order chi connectivity index (χ1) is 15.5. The number of hydrogen-bond donors (Lipinski definition) is 2. The van der Waals surface area contributed by atoms with Crippen molar-refractivity contribution in [2.45, 2.75) is 33.4 Å². The van der Waals surface area contributed by atoms with Gasteiger partial charge in [-0.15, -0.1) is 0 Å². The highest BCUT2D eigenvalue weighted by Crippen LogP contribution is 2.32. The van der Waals surface area contributed by atoms with Crippen LogP contribution in [0.3, 0.4) is 0 Å². The number of benzene rings is 1. The number of aromatic nitrogens is 3. The predicted molar refractivity (Wildman–Crippen MR) is 121 cm³/mol. The Morgan fingerprint density at radius 3 is 2.88 bits per heavy atom. The van der Waals surface area contributed by atoms with E-state index in [0.717, 1.165) is 5.82 Å². The third-order valence-electron chi connectivity index (χ3n) is 6.11. The van der Waals surface area contributed by atoms with Crippen molar-refractivity contribution in [3.05, 3.63) is 59.2 Å². The number of carbonyl (C=O) groups is 1. The Balaban J connectivity index is 0.00000259. The monoisotopic (exact) mass is 448 g/mol. The highest BCUT2D eigenvalue weighted by atomic mass is 19.1. The third kappa shape index (κ3) is 3.83. The molecule has 0 aliphatic carbocycles. The van der Waals surface area contributed by atoms with E-state index in [2.05, 4.69) is 20.3 Å². The Bertz CT molecular complexity index is 1260. The Labute approximate surface area is 191 Å². The van der Waals surface area contributed by atoms with Gasteiger partial charge in [-0.05, 0) is 30.5 Å². The number of aliphatic hydroxyl groups excluding tert-OH is 1. The van der Waals surface area contributed by atoms with Crippen molar-refractivity contribution in [1.82, 2.24) is 20.1 Å². The Hall–Kier alpha value is -3.77. The first-order valence-electron chi connectivity index (χ1n) is 10.5. The van der Waals surface area contributed by atoms with Crippen LogP contribution in [-0.4, -0.2) is 45.0 Å². The molecule has 2 aliphatic rings. The number of nitrogens with one attached hydrogen (secondary N) is 1. The molecule has 2 aromatic heterocycles. The largest absolute Gasteiger partial charge is 0.393 e. The normalized spacial score (nSPS) is 19.5. The van der Waals surface area contributed by atoms with Gasteiger partial charge in [0.15, 0.2) is 5.82 Å². The van der Waals surface area contributed by atoms with Gasteiger partial charge in [-0.25, -0.2) is 14.1 Å². The van der Waals surface area contributed by atoms with Crippen LogP contribution in [-0.2, 0) is 6.54 Å². The minimum absolute atomic E-state index is 0. The van der Waals surface area contributed by atoms with Crippen LogP contribution in [0.15, 0.2) is 36.5 Å². The molecule has 5 rings (SSSR count). The molecule has 0 saturated carbocycles. The van der Waals surface area contributed by atoms with Gasteiger partial charge in [0.05, 0.1) is 52.5 Å². The smallest absolute Gasteiger partial charge is 0.255 e. The quantitative estimate of drug-likeness (QED) is 0.638. The number of nitrogens with zero attached hydrogens (tertiary/aromatic N) is 5. The van der Waals surface area contributed by atoms with Crippen LogP contribution in [0.2, 0.25) is 0 Å². The second kappa shape index (κ2) is 8.64. The molecule has 1 aromatic carbocycles. The summed E-state index contributed by atoms with van der Waals surface area (Å²) in [6, 6.07) is 9.77. The maximum absolute atomic E-state index is 14.7. The average molecular weight is 449 g/mol. The van der Waals surface area contributed by atoms with Crippen LogP contribution in [0, 0.1) is 23.1 Å². The molecular formula is C24H25FN6O2. The second-order valence-corrected chi connectivity index (χ2v) is 8.20. The van der Waals surface area contributed by atoms with Gasteiger partial charge in [0.2, 0.25) is 0 Å². The number of amides is 1. The highest BCUT2D eigenvalue weighted by molar-refractivity contribution is 6.01. The summed E-state index contributed by atoms with van der Waals surface area (Å²) in [6.45, 7) is 3.59. The zero-order valence-electron chi connectivity index (χ0n) is 17.4. The van der Waals surface area contributed by atoms with Crippen LogP contribution >= 0.6 is 0 Å². The van der Waals surface area contributed by atoms with Gasteiger partial charge in [0.25, 0.3) is 5.91 Å². The van der Waals surface area contributed by atoms with Gasteiger partial charge >= 0.3 is 0 Å². The fraction of sp³-hybridized carbons (Fsp3) is 0.333. The van der Waals surface area contributed by atoms with E-state index in [1.165, 1.54) is 18.2 Å². The van der Waals surface area contributed by atoms with E-state index in [1.54, 1.807) is 16.9 Å². The van der Waals surface area contributed by atoms with Crippen LogP contribution < -0.4 is 10.2 Å². The number of hydrogen-bond acceptors (Lipinski definition) is 6. The molecule has 33 heavy (non-hydrogen) atoms. The number of halogens is 1. The number of pyridine rings is 1. The molecule has 170 valence electrons. The van der Waals surface area contributed by atoms with Crippen molar-refractivity contribution in [1.29, 1.82) is 5.26 Å². The van der Waals surface area contributed by atoms with Crippen LogP contribution in [0.5, 0.6) is 0 Å². The lowest BCUT2D eigenvalue weighted by molar-refractivity contribution is 0.0962. The van der Waals surface area contributed by atoms with Crippen LogP contribution in [0.4, 0.5) is 10.2 Å². The summed E-state index contributed by atoms with van der Waals surface area (Å²) in [4.78, 5) is 19.1. The van der Waals surface area contributed by atoms with Crippen molar-refractivity contribution >= 4 is 11.7 Å². The fourth-order valence-corrected chi connectivity index (χ4v) is 4.36. The predicted octanol–water partition coefficient (Wildman–Crippen LogP) is 3.03. The van der Waals surface area contributed by atoms with Gasteiger partial charge in [-0.3, -0.25) is 4.79 Å². The molecule has 2 aliphatic heterocycles. The Kier molecular flexibility index (Phi) is 5.87. The van der Waals surface area contributed by atoms with Crippen LogP contribution in [0.1, 0.15) is 42.4 Å². The summed E-state index contributed by atoms with van der Waals surface area (Å²) >= 11 is 0. The lowest BCUT2D eigenvalue weighted by Crippen LogP contribution is -2.42. The van der Waals surface area contributed by atoms with Gasteiger partial charge in [-0.1, -0.05) is 20.4 Å². The van der Waals surface area contributed by atoms with Gasteiger partial charge in [0, 0.05) is 25.4 Å². The van der Waals surface area contributed by atoms with Gasteiger partial charge in [0.1, 0.15) is 5.82 Å². The molecule has 4 heterocycles. The maximum Gasteiger partial charge on any atom is 0.255 e. The SMILES string of the molecule is C.CC1CN(c2ccn(-c3cc(-c4c(F)cccc4C#N)nc4c3C(=O)NC4)n2)CCC1O. The number of nitriles is 1. The van der Waals surface area contributed by atoms with E-state index >= 15 is 0 Å². The molecule has 8 nitrogen and oxygen atoms in total. The molecule has 1 saturated heterocycles. The van der Waals surface area contributed by atoms with E-state index in [0.29, 0.717) is 36.5 Å². The molecule has 3 aromatic rings. The summed E-state index contributed by atoms with van der Waals surface area (Å²) in [5.74, 6) is 0.0383. The molecule has 2 atom stereocenters. The second-order valence-electron chi connectivity index (χ2n) is 8.20. The first kappa shape index (κ1) is 22.4. The zero-order chi connectivity index (χ0) is 22.4. The van der Waals surface area contributed by atoms with E-state index in [4.69, 9.17) is 0 Å². The van der Waals surface area contributed by atoms with Gasteiger partial charge in [-0.2, -0.15) is 10.4 Å². The third-order valence-corrected chi connectivity index (χ3v) is 6.11. The minimum Gasteiger partial charge on any atom is -0.393 e. The summed E-state index contributed by atoms with van der Waals surface area (Å²) in [5.41, 5.74) is 1.90. The summed E-state index contributed by atoms with van der Waals surface area (Å²) in [5, 5.41) is 26.9. The lowest BCUT2D eigenvalue weighted by Gasteiger charge is -2.34. The van der Waals surface area contributed by atoms with Crippen molar-refractivity contribution in [3.63, 3.8) is 0 Å². The van der Waals surface area contributed by atoms with Gasteiger partial charge < -0.3 is 15.3 Å². The number of rotatable bonds is 3. The molecular weight excluding hydrogens is 423 g/mol. The summed E-state index contributed by atoms with van der Waals surface area (Å²) < 4.78 is 16.3. The fourth-order valence-electron chi connectivity index (χ4n) is 4.36. The molecule has 0 radical (unpaired) electrons. The number of fused-ring (bicyclic) bond motifs is 1. The summed E-state index contributed by atoms with van der Waals surface area (Å²) in [7, 11) is 0. The average Bonchev–Trinajstić information content (AvgIpc) is 3.42. The van der Waals surface area contributed by atoms with Crippen LogP contribution in [0.25, 0.3) is 16.9 Å². The number of aliphatic hydroxyl groups is 1. The maximum atomic E-state index is 14.7. The molecule has 1 fully saturated rings. The van der Waals surface area contributed by atoms with E-state index in [9.17, 15) is 19.6 Å². The van der Waals surface area contributed by atoms with Crippen molar-refractivity contribution in [3.8, 4) is 23.0 Å². The standard InChI is InChI=1S/C23H21FN6O2.CH4/c1-13-12-29(7-5-19(13)31)20-6-8-30(28-20)18-9-16(27-17-11-26-23(32)22(17)18)21-14(10-25)3-2-4-15(21)24;/h2-4,6,8-9,13,19,31H,5,7,11-12H2,1H3,(H,26,32);1H4. The zero-order valence-corrected chi connectivity index (χ0v) is 17.4. The number of piperidine rings is 1. The van der Waals surface area contributed by atoms with Crippen molar-refractivity contribution in [2.24, 2.45) is 5.92 Å². The summed E-state index contributed by atoms with van der Waals surface area (Å²) in [6.07, 6.45) is 2.09. The molecule has 2 unspecified atom stereocenters. The highest BCUT2D eigenvalue weighted by Gasteiger charge is 2.29. The Morgan fingerprint density at radius 1 is 1.30 bits per heavy atom. The molecule has 0 bridgehead atoms. The molecule has 9 heteroatoms. The van der Waals surface area contributed by atoms with E-state index in [1.807, 2.05) is 19.1 Å². The first-order valence-corrected chi connectivity index (χ1v) is 10.5. The van der Waals surface area contributed by atoms with E-state index < -0.39 is 5.82 Å².